The normalized spacial score (nSPS) is 10.4. The number of hydrogen-bond acceptors (Lipinski definition) is 1. The lowest BCUT2D eigenvalue weighted by Crippen LogP contribution is -1.98. The first-order chi connectivity index (χ1) is 7.91. The van der Waals surface area contributed by atoms with Crippen molar-refractivity contribution in [2.24, 2.45) is 5.92 Å². The molecule has 0 atom stereocenters. The fourth-order valence-electron chi connectivity index (χ4n) is 1.91. The Morgan fingerprint density at radius 1 is 1.06 bits per heavy atom. The van der Waals surface area contributed by atoms with Crippen LogP contribution in [-0.2, 0) is 6.42 Å². The number of phenolic OH excluding ortho intramolecular Hbond substituents is 1. The molecule has 0 bridgehead atoms. The van der Waals surface area contributed by atoms with E-state index in [0.717, 1.165) is 17.5 Å². The first-order valence-corrected chi connectivity index (χ1v) is 6.74. The summed E-state index contributed by atoms with van der Waals surface area (Å²) in [6, 6.07) is 4.24. The Balaban J connectivity index is 0.00000121. The average molecular weight is 236 g/mol. The summed E-state index contributed by atoms with van der Waals surface area (Å²) in [5.74, 6) is 1.52. The lowest BCUT2D eigenvalue weighted by atomic mass is 9.93. The molecule has 0 aromatic heterocycles. The number of hydrogen-bond donors (Lipinski definition) is 1. The zero-order valence-electron chi connectivity index (χ0n) is 12.5. The third kappa shape index (κ3) is 4.80. The van der Waals surface area contributed by atoms with Gasteiger partial charge < -0.3 is 5.11 Å². The summed E-state index contributed by atoms with van der Waals surface area (Å²) in [5, 5.41) is 9.93. The molecule has 0 amide bonds. The standard InChI is InChI=1S/C14H22O.C2H6/c1-9(2)6-12-7-11(5)14(15)13(8-12)10(3)4;1-2/h7-10,15H,6H2,1-5H3;1-2H3. The molecule has 17 heavy (non-hydrogen) atoms. The van der Waals surface area contributed by atoms with Gasteiger partial charge in [-0.15, -0.1) is 0 Å². The van der Waals surface area contributed by atoms with Gasteiger partial charge in [-0.2, -0.15) is 0 Å². The topological polar surface area (TPSA) is 20.2 Å². The van der Waals surface area contributed by atoms with Gasteiger partial charge in [0, 0.05) is 0 Å². The van der Waals surface area contributed by atoms with Gasteiger partial charge in [-0.05, 0) is 41.9 Å². The van der Waals surface area contributed by atoms with Gasteiger partial charge >= 0.3 is 0 Å². The fourth-order valence-corrected chi connectivity index (χ4v) is 1.91. The van der Waals surface area contributed by atoms with Crippen LogP contribution in [0.1, 0.15) is 64.2 Å². The van der Waals surface area contributed by atoms with Crippen LogP contribution < -0.4 is 0 Å². The molecule has 1 rings (SSSR count). The van der Waals surface area contributed by atoms with Crippen molar-refractivity contribution in [2.75, 3.05) is 0 Å². The molecular weight excluding hydrogens is 208 g/mol. The predicted molar refractivity (Wildman–Crippen MR) is 76.8 cm³/mol. The maximum absolute atomic E-state index is 9.93. The third-order valence-electron chi connectivity index (χ3n) is 2.66. The van der Waals surface area contributed by atoms with E-state index >= 15 is 0 Å². The van der Waals surface area contributed by atoms with Gasteiger partial charge in [0.1, 0.15) is 5.75 Å². The van der Waals surface area contributed by atoms with E-state index in [1.165, 1.54) is 5.56 Å². The van der Waals surface area contributed by atoms with Gasteiger partial charge in [0.25, 0.3) is 0 Å². The minimum Gasteiger partial charge on any atom is -0.507 e. The molecule has 1 aromatic rings. The van der Waals surface area contributed by atoms with Crippen molar-refractivity contribution < 1.29 is 5.11 Å². The van der Waals surface area contributed by atoms with E-state index in [0.29, 0.717) is 17.6 Å². The van der Waals surface area contributed by atoms with Gasteiger partial charge in [0.15, 0.2) is 0 Å². The van der Waals surface area contributed by atoms with Crippen LogP contribution in [0.4, 0.5) is 0 Å². The minimum atomic E-state index is 0.385. The second-order valence-electron chi connectivity index (χ2n) is 5.10. The second kappa shape index (κ2) is 7.37. The van der Waals surface area contributed by atoms with E-state index in [4.69, 9.17) is 0 Å². The van der Waals surface area contributed by atoms with Crippen molar-refractivity contribution >= 4 is 0 Å². The van der Waals surface area contributed by atoms with Crippen LogP contribution in [0.3, 0.4) is 0 Å². The van der Waals surface area contributed by atoms with Crippen LogP contribution in [-0.4, -0.2) is 5.11 Å². The van der Waals surface area contributed by atoms with Gasteiger partial charge in [-0.3, -0.25) is 0 Å². The molecule has 0 saturated carbocycles. The highest BCUT2D eigenvalue weighted by Crippen LogP contribution is 2.30. The Morgan fingerprint density at radius 3 is 2.00 bits per heavy atom. The number of aryl methyl sites for hydroxylation is 1. The number of aromatic hydroxyl groups is 1. The quantitative estimate of drug-likeness (QED) is 0.778. The van der Waals surface area contributed by atoms with Crippen LogP contribution in [0.15, 0.2) is 12.1 Å². The summed E-state index contributed by atoms with van der Waals surface area (Å²) in [6.45, 7) is 14.7. The summed E-state index contributed by atoms with van der Waals surface area (Å²) < 4.78 is 0. The maximum Gasteiger partial charge on any atom is 0.121 e. The molecular formula is C16H28O. The van der Waals surface area contributed by atoms with Crippen molar-refractivity contribution in [2.45, 2.75) is 60.8 Å². The molecule has 1 heteroatoms. The molecule has 0 heterocycles. The van der Waals surface area contributed by atoms with Gasteiger partial charge in [0.2, 0.25) is 0 Å². The van der Waals surface area contributed by atoms with Crippen LogP contribution in [0.5, 0.6) is 5.75 Å². The second-order valence-corrected chi connectivity index (χ2v) is 5.10. The zero-order valence-corrected chi connectivity index (χ0v) is 12.5. The lowest BCUT2D eigenvalue weighted by molar-refractivity contribution is 0.460. The molecule has 0 saturated heterocycles. The van der Waals surface area contributed by atoms with Crippen molar-refractivity contribution in [3.8, 4) is 5.75 Å². The number of phenols is 1. The minimum absolute atomic E-state index is 0.385. The Labute approximate surface area is 107 Å². The summed E-state index contributed by atoms with van der Waals surface area (Å²) in [6.07, 6.45) is 1.08. The molecule has 1 nitrogen and oxygen atoms in total. The molecule has 1 N–H and O–H groups in total. The summed E-state index contributed by atoms with van der Waals surface area (Å²) in [7, 11) is 0. The fraction of sp³-hybridized carbons (Fsp3) is 0.625. The molecule has 0 spiro atoms. The number of benzene rings is 1. The smallest absolute Gasteiger partial charge is 0.121 e. The lowest BCUT2D eigenvalue weighted by Gasteiger charge is -2.14. The maximum atomic E-state index is 9.93. The van der Waals surface area contributed by atoms with E-state index in [2.05, 4.69) is 39.8 Å². The third-order valence-corrected chi connectivity index (χ3v) is 2.66. The highest BCUT2D eigenvalue weighted by Gasteiger charge is 2.10. The first kappa shape index (κ1) is 16.0. The predicted octanol–water partition coefficient (Wildman–Crippen LogP) is 5.05. The largest absolute Gasteiger partial charge is 0.507 e. The monoisotopic (exact) mass is 236 g/mol. The van der Waals surface area contributed by atoms with Crippen LogP contribution in [0.25, 0.3) is 0 Å². The molecule has 98 valence electrons. The van der Waals surface area contributed by atoms with Crippen molar-refractivity contribution in [1.82, 2.24) is 0 Å². The van der Waals surface area contributed by atoms with Crippen LogP contribution in [0, 0.1) is 12.8 Å². The Morgan fingerprint density at radius 2 is 1.59 bits per heavy atom. The summed E-state index contributed by atoms with van der Waals surface area (Å²) in [5.41, 5.74) is 3.41. The Bertz CT molecular complexity index is 338. The van der Waals surface area contributed by atoms with Crippen LogP contribution in [0.2, 0.25) is 0 Å². The van der Waals surface area contributed by atoms with Crippen molar-refractivity contribution in [3.63, 3.8) is 0 Å². The molecule has 0 aliphatic carbocycles. The summed E-state index contributed by atoms with van der Waals surface area (Å²) >= 11 is 0. The van der Waals surface area contributed by atoms with Crippen molar-refractivity contribution in [3.05, 3.63) is 28.8 Å². The molecule has 0 radical (unpaired) electrons. The first-order valence-electron chi connectivity index (χ1n) is 6.74. The van der Waals surface area contributed by atoms with E-state index in [9.17, 15) is 5.11 Å². The highest BCUT2D eigenvalue weighted by molar-refractivity contribution is 5.44. The van der Waals surface area contributed by atoms with Gasteiger partial charge in [-0.25, -0.2) is 0 Å². The van der Waals surface area contributed by atoms with Gasteiger partial charge in [-0.1, -0.05) is 53.7 Å². The van der Waals surface area contributed by atoms with E-state index < -0.39 is 0 Å². The molecule has 0 fully saturated rings. The molecule has 1 aromatic carbocycles. The SMILES string of the molecule is CC.Cc1cc(CC(C)C)cc(C(C)C)c1O. The average Bonchev–Trinajstić information content (AvgIpc) is 2.24. The van der Waals surface area contributed by atoms with E-state index in [1.54, 1.807) is 0 Å². The molecule has 0 unspecified atom stereocenters. The number of rotatable bonds is 3. The Kier molecular flexibility index (Phi) is 6.94. The summed E-state index contributed by atoms with van der Waals surface area (Å²) in [4.78, 5) is 0. The van der Waals surface area contributed by atoms with Crippen molar-refractivity contribution in [1.29, 1.82) is 0 Å². The van der Waals surface area contributed by atoms with E-state index in [1.807, 2.05) is 20.8 Å². The zero-order chi connectivity index (χ0) is 13.6. The van der Waals surface area contributed by atoms with Gasteiger partial charge in [0.05, 0.1) is 0 Å². The molecule has 0 aliphatic rings. The van der Waals surface area contributed by atoms with E-state index in [-0.39, 0.29) is 0 Å². The van der Waals surface area contributed by atoms with Crippen LogP contribution >= 0.6 is 0 Å². The molecule has 0 aliphatic heterocycles. The Hall–Kier alpha value is -0.980. The highest BCUT2D eigenvalue weighted by atomic mass is 16.3.